The molecule has 2 aromatic carbocycles. The van der Waals surface area contributed by atoms with Gasteiger partial charge in [0.1, 0.15) is 0 Å². The van der Waals surface area contributed by atoms with Crippen LogP contribution in [0.25, 0.3) is 0 Å². The molecular weight excluding hydrogens is 382 g/mol. The lowest BCUT2D eigenvalue weighted by molar-refractivity contribution is 0.187. The summed E-state index contributed by atoms with van der Waals surface area (Å²) in [5.74, 6) is 0. The first-order valence-electron chi connectivity index (χ1n) is 8.34. The molecule has 3 aromatic rings. The van der Waals surface area contributed by atoms with E-state index in [9.17, 15) is 13.2 Å². The van der Waals surface area contributed by atoms with E-state index in [-0.39, 0.29) is 11.4 Å². The van der Waals surface area contributed by atoms with Crippen molar-refractivity contribution in [1.29, 1.82) is 0 Å². The molecule has 0 aliphatic rings. The molecule has 0 radical (unpaired) electrons. The Labute approximate surface area is 162 Å². The SMILES string of the molecule is COC(=O)Nc1ccc(S(=O)(=O)NC(Cn2nccn2)c2ccccc2)cc1. The second-order valence-electron chi connectivity index (χ2n) is 5.81. The van der Waals surface area contributed by atoms with Gasteiger partial charge in [0.2, 0.25) is 10.0 Å². The molecule has 0 bridgehead atoms. The van der Waals surface area contributed by atoms with E-state index in [0.29, 0.717) is 5.69 Å². The molecule has 10 heteroatoms. The zero-order chi connectivity index (χ0) is 20.0. The Morgan fingerprint density at radius 3 is 2.32 bits per heavy atom. The highest BCUT2D eigenvalue weighted by Crippen LogP contribution is 2.20. The number of anilines is 1. The van der Waals surface area contributed by atoms with E-state index in [1.165, 1.54) is 48.6 Å². The molecule has 9 nitrogen and oxygen atoms in total. The number of benzene rings is 2. The average molecular weight is 401 g/mol. The zero-order valence-electron chi connectivity index (χ0n) is 15.0. The topological polar surface area (TPSA) is 115 Å². The summed E-state index contributed by atoms with van der Waals surface area (Å²) in [7, 11) is -2.58. The second-order valence-corrected chi connectivity index (χ2v) is 7.52. The minimum Gasteiger partial charge on any atom is -0.453 e. The number of nitrogens with one attached hydrogen (secondary N) is 2. The van der Waals surface area contributed by atoms with Crippen LogP contribution in [0.3, 0.4) is 0 Å². The number of hydrogen-bond donors (Lipinski definition) is 2. The van der Waals surface area contributed by atoms with Crippen LogP contribution in [0.4, 0.5) is 10.5 Å². The van der Waals surface area contributed by atoms with Gasteiger partial charge in [0.05, 0.1) is 37.0 Å². The Hall–Kier alpha value is -3.24. The van der Waals surface area contributed by atoms with Gasteiger partial charge >= 0.3 is 6.09 Å². The summed E-state index contributed by atoms with van der Waals surface area (Å²) in [6.45, 7) is 0.234. The molecule has 0 spiro atoms. The van der Waals surface area contributed by atoms with E-state index in [2.05, 4.69) is 25.0 Å². The van der Waals surface area contributed by atoms with Crippen molar-refractivity contribution in [2.24, 2.45) is 0 Å². The summed E-state index contributed by atoms with van der Waals surface area (Å²) in [4.78, 5) is 12.7. The van der Waals surface area contributed by atoms with E-state index in [0.717, 1.165) is 5.56 Å². The van der Waals surface area contributed by atoms with E-state index in [1.54, 1.807) is 0 Å². The lowest BCUT2D eigenvalue weighted by Gasteiger charge is -2.19. The summed E-state index contributed by atoms with van der Waals surface area (Å²) >= 11 is 0. The highest BCUT2D eigenvalue weighted by atomic mass is 32.2. The van der Waals surface area contributed by atoms with Crippen molar-refractivity contribution in [3.8, 4) is 0 Å². The number of ether oxygens (including phenoxy) is 1. The van der Waals surface area contributed by atoms with Crippen molar-refractivity contribution in [2.75, 3.05) is 12.4 Å². The van der Waals surface area contributed by atoms with Gasteiger partial charge in [-0.3, -0.25) is 5.32 Å². The fourth-order valence-electron chi connectivity index (χ4n) is 2.54. The van der Waals surface area contributed by atoms with Crippen LogP contribution in [0.2, 0.25) is 0 Å². The second kappa shape index (κ2) is 8.63. The predicted molar refractivity (Wildman–Crippen MR) is 102 cm³/mol. The highest BCUT2D eigenvalue weighted by Gasteiger charge is 2.22. The van der Waals surface area contributed by atoms with E-state index in [4.69, 9.17) is 0 Å². The van der Waals surface area contributed by atoms with Gasteiger partial charge in [-0.1, -0.05) is 30.3 Å². The normalized spacial score (nSPS) is 12.3. The Balaban J connectivity index is 1.81. The predicted octanol–water partition coefficient (Wildman–Crippen LogP) is 2.18. The number of methoxy groups -OCH3 is 1. The van der Waals surface area contributed by atoms with Crippen molar-refractivity contribution >= 4 is 21.8 Å². The monoisotopic (exact) mass is 401 g/mol. The third kappa shape index (κ3) is 4.93. The largest absolute Gasteiger partial charge is 0.453 e. The maximum Gasteiger partial charge on any atom is 0.411 e. The fraction of sp³-hybridized carbons (Fsp3) is 0.167. The quantitative estimate of drug-likeness (QED) is 0.627. The maximum absolute atomic E-state index is 12.9. The first-order chi connectivity index (χ1) is 13.5. The lowest BCUT2D eigenvalue weighted by atomic mass is 10.1. The molecule has 1 heterocycles. The number of hydrogen-bond acceptors (Lipinski definition) is 6. The van der Waals surface area contributed by atoms with E-state index < -0.39 is 22.2 Å². The molecule has 0 aliphatic heterocycles. The number of carbonyl (C=O) groups is 1. The van der Waals surface area contributed by atoms with Gasteiger partial charge < -0.3 is 4.74 Å². The first kappa shape index (κ1) is 19.5. The molecule has 1 atom stereocenters. The third-order valence-corrected chi connectivity index (χ3v) is 5.40. The zero-order valence-corrected chi connectivity index (χ0v) is 15.8. The van der Waals surface area contributed by atoms with Crippen molar-refractivity contribution in [2.45, 2.75) is 17.5 Å². The molecule has 0 saturated carbocycles. The third-order valence-electron chi connectivity index (χ3n) is 3.91. The number of rotatable bonds is 7. The number of nitrogens with zero attached hydrogens (tertiary/aromatic N) is 3. The molecule has 0 fully saturated rings. The summed E-state index contributed by atoms with van der Waals surface area (Å²) in [6, 6.07) is 14.4. The van der Waals surface area contributed by atoms with Crippen LogP contribution in [0.15, 0.2) is 71.9 Å². The van der Waals surface area contributed by atoms with Crippen LogP contribution in [0.1, 0.15) is 11.6 Å². The fourth-order valence-corrected chi connectivity index (χ4v) is 3.75. The molecule has 3 rings (SSSR count). The lowest BCUT2D eigenvalue weighted by Crippen LogP contribution is -2.32. The van der Waals surface area contributed by atoms with Gasteiger partial charge in [-0.05, 0) is 29.8 Å². The van der Waals surface area contributed by atoms with Gasteiger partial charge in [0, 0.05) is 5.69 Å². The van der Waals surface area contributed by atoms with Gasteiger partial charge in [-0.15, -0.1) is 0 Å². The van der Waals surface area contributed by atoms with Crippen LogP contribution in [0.5, 0.6) is 0 Å². The average Bonchev–Trinajstić information content (AvgIpc) is 3.21. The summed E-state index contributed by atoms with van der Waals surface area (Å²) in [6.07, 6.45) is 2.43. The molecule has 0 saturated heterocycles. The molecule has 1 aromatic heterocycles. The van der Waals surface area contributed by atoms with Crippen molar-refractivity contribution in [3.63, 3.8) is 0 Å². The van der Waals surface area contributed by atoms with Gasteiger partial charge in [0.25, 0.3) is 0 Å². The van der Waals surface area contributed by atoms with Gasteiger partial charge in [-0.2, -0.15) is 15.0 Å². The molecule has 1 unspecified atom stereocenters. The molecule has 2 N–H and O–H groups in total. The smallest absolute Gasteiger partial charge is 0.411 e. The Bertz CT molecular complexity index is 1010. The molecular formula is C18H19N5O4S. The van der Waals surface area contributed by atoms with Gasteiger partial charge in [-0.25, -0.2) is 17.9 Å². The summed E-state index contributed by atoms with van der Waals surface area (Å²) in [5.41, 5.74) is 1.21. The first-order valence-corrected chi connectivity index (χ1v) is 9.82. The van der Waals surface area contributed by atoms with Crippen molar-refractivity contribution in [1.82, 2.24) is 19.7 Å². The van der Waals surface area contributed by atoms with Crippen molar-refractivity contribution < 1.29 is 17.9 Å². The summed E-state index contributed by atoms with van der Waals surface area (Å²) < 4.78 is 32.9. The Morgan fingerprint density at radius 2 is 1.71 bits per heavy atom. The number of carbonyl (C=O) groups excluding carboxylic acids is 1. The van der Waals surface area contributed by atoms with Gasteiger partial charge in [0.15, 0.2) is 0 Å². The van der Waals surface area contributed by atoms with Crippen LogP contribution in [-0.2, 0) is 21.3 Å². The molecule has 146 valence electrons. The standard InChI is InChI=1S/C18H19N5O4S/c1-27-18(24)21-15-7-9-16(10-8-15)28(25,26)22-17(13-23-19-11-12-20-23)14-5-3-2-4-6-14/h2-12,17,22H,13H2,1H3,(H,21,24). The van der Waals surface area contributed by atoms with Crippen LogP contribution in [-0.4, -0.2) is 36.6 Å². The Morgan fingerprint density at radius 1 is 1.07 bits per heavy atom. The Kier molecular flexibility index (Phi) is 6.02. The number of amides is 1. The molecule has 28 heavy (non-hydrogen) atoms. The van der Waals surface area contributed by atoms with Crippen LogP contribution >= 0.6 is 0 Å². The number of aromatic nitrogens is 3. The minimum absolute atomic E-state index is 0.0669. The molecule has 0 aliphatic carbocycles. The minimum atomic E-state index is -3.82. The van der Waals surface area contributed by atoms with E-state index >= 15 is 0 Å². The van der Waals surface area contributed by atoms with E-state index in [1.807, 2.05) is 30.3 Å². The number of sulfonamides is 1. The van der Waals surface area contributed by atoms with Crippen LogP contribution < -0.4 is 10.0 Å². The van der Waals surface area contributed by atoms with Crippen LogP contribution in [0, 0.1) is 0 Å². The molecule has 1 amide bonds. The van der Waals surface area contributed by atoms with Crippen molar-refractivity contribution in [3.05, 3.63) is 72.6 Å². The highest BCUT2D eigenvalue weighted by molar-refractivity contribution is 7.89. The summed E-state index contributed by atoms with van der Waals surface area (Å²) in [5, 5.41) is 10.6. The maximum atomic E-state index is 12.9.